The summed E-state index contributed by atoms with van der Waals surface area (Å²) in [7, 11) is 1.43. The quantitative estimate of drug-likeness (QED) is 0.605. The van der Waals surface area contributed by atoms with Crippen LogP contribution in [0.4, 0.5) is 0 Å². The Morgan fingerprint density at radius 2 is 2.13 bits per heavy atom. The lowest BCUT2D eigenvalue weighted by Gasteiger charge is -2.07. The Bertz CT molecular complexity index is 534. The van der Waals surface area contributed by atoms with Crippen molar-refractivity contribution in [3.63, 3.8) is 0 Å². The van der Waals surface area contributed by atoms with Gasteiger partial charge in [-0.3, -0.25) is 0 Å². The van der Waals surface area contributed by atoms with Gasteiger partial charge in [0.2, 0.25) is 0 Å². The van der Waals surface area contributed by atoms with Crippen LogP contribution in [-0.4, -0.2) is 8.42 Å². The van der Waals surface area contributed by atoms with Crippen molar-refractivity contribution in [1.29, 1.82) is 5.26 Å². The molecular formula is C9H7ClINO2S. The highest BCUT2D eigenvalue weighted by atomic mass is 127. The zero-order valence-electron chi connectivity index (χ0n) is 7.79. The van der Waals surface area contributed by atoms with E-state index in [0.717, 1.165) is 0 Å². The molecule has 0 saturated carbocycles. The number of rotatable bonds is 2. The first-order valence-corrected chi connectivity index (χ1v) is 7.46. The lowest BCUT2D eigenvalue weighted by Crippen LogP contribution is -2.02. The monoisotopic (exact) mass is 355 g/mol. The van der Waals surface area contributed by atoms with E-state index in [4.69, 9.17) is 15.9 Å². The van der Waals surface area contributed by atoms with E-state index in [2.05, 4.69) is 0 Å². The summed E-state index contributed by atoms with van der Waals surface area (Å²) in [5, 5.41) is 8.94. The topological polar surface area (TPSA) is 57.9 Å². The maximum absolute atomic E-state index is 11.3. The third-order valence-electron chi connectivity index (χ3n) is 1.93. The van der Waals surface area contributed by atoms with Gasteiger partial charge in [0.15, 0.2) is 0 Å². The lowest BCUT2D eigenvalue weighted by atomic mass is 10.1. The first-order valence-electron chi connectivity index (χ1n) is 4.08. The maximum atomic E-state index is 11.3. The van der Waals surface area contributed by atoms with Crippen LogP contribution in [-0.2, 0) is 15.5 Å². The van der Waals surface area contributed by atoms with Crippen LogP contribution in [0.1, 0.15) is 18.1 Å². The molecule has 0 aliphatic carbocycles. The van der Waals surface area contributed by atoms with Gasteiger partial charge in [0.25, 0.3) is 9.05 Å². The number of hydrogen-bond acceptors (Lipinski definition) is 3. The highest BCUT2D eigenvalue weighted by Gasteiger charge is 2.21. The van der Waals surface area contributed by atoms with Crippen molar-refractivity contribution < 1.29 is 8.42 Å². The zero-order chi connectivity index (χ0) is 11.6. The van der Waals surface area contributed by atoms with Gasteiger partial charge in [0.05, 0.1) is 5.56 Å². The van der Waals surface area contributed by atoms with E-state index in [9.17, 15) is 8.42 Å². The van der Waals surface area contributed by atoms with Crippen LogP contribution in [0.2, 0.25) is 0 Å². The third kappa shape index (κ3) is 2.62. The molecule has 0 atom stereocenters. The number of hydrogen-bond donors (Lipinski definition) is 0. The summed E-state index contributed by atoms with van der Waals surface area (Å²) >= 11 is 1.85. The minimum Gasteiger partial charge on any atom is -0.207 e. The molecule has 0 unspecified atom stereocenters. The lowest BCUT2D eigenvalue weighted by molar-refractivity contribution is 0.608. The largest absolute Gasteiger partial charge is 0.263 e. The molecule has 0 fully saturated rings. The maximum Gasteiger partial charge on any atom is 0.263 e. The summed E-state index contributed by atoms with van der Waals surface area (Å²) in [6, 6.07) is 5.28. The van der Waals surface area contributed by atoms with Gasteiger partial charge >= 0.3 is 0 Å². The predicted octanol–water partition coefficient (Wildman–Crippen LogP) is 2.65. The fraction of sp³-hybridized carbons (Fsp3) is 0.222. The molecule has 0 aliphatic heterocycles. The van der Waals surface area contributed by atoms with E-state index in [-0.39, 0.29) is 10.5 Å². The normalized spacial score (nSPS) is 11.1. The van der Waals surface area contributed by atoms with Gasteiger partial charge in [0.1, 0.15) is 11.0 Å². The Kier molecular flexibility index (Phi) is 3.98. The molecule has 0 bridgehead atoms. The molecule has 15 heavy (non-hydrogen) atoms. The Morgan fingerprint density at radius 3 is 2.53 bits per heavy atom. The Morgan fingerprint density at radius 1 is 1.53 bits per heavy atom. The average Bonchev–Trinajstić information content (AvgIpc) is 2.15. The van der Waals surface area contributed by atoms with E-state index >= 15 is 0 Å². The summed E-state index contributed by atoms with van der Waals surface area (Å²) in [6.45, 7) is 1.85. The molecule has 0 N–H and O–H groups in total. The van der Waals surface area contributed by atoms with Crippen molar-refractivity contribution in [2.24, 2.45) is 0 Å². The highest BCUT2D eigenvalue weighted by molar-refractivity contribution is 14.1. The first kappa shape index (κ1) is 12.7. The smallest absolute Gasteiger partial charge is 0.207 e. The number of nitriles is 1. The SMILES string of the molecule is CCc1ccc(I)c(S(=O)(=O)Cl)c1C#N. The summed E-state index contributed by atoms with van der Waals surface area (Å²) in [6.07, 6.45) is 0.596. The van der Waals surface area contributed by atoms with Crippen LogP contribution < -0.4 is 0 Å². The molecule has 0 heterocycles. The van der Waals surface area contributed by atoms with E-state index in [1.54, 1.807) is 12.1 Å². The molecule has 0 spiro atoms. The van der Waals surface area contributed by atoms with Crippen LogP contribution in [0.3, 0.4) is 0 Å². The van der Waals surface area contributed by atoms with Crippen LogP contribution in [0.5, 0.6) is 0 Å². The molecule has 0 aliphatic rings. The Balaban J connectivity index is 3.71. The first-order chi connectivity index (χ1) is 6.91. The van der Waals surface area contributed by atoms with Crippen molar-refractivity contribution in [2.75, 3.05) is 0 Å². The number of benzene rings is 1. The van der Waals surface area contributed by atoms with Crippen molar-refractivity contribution in [3.8, 4) is 6.07 Å². The molecule has 80 valence electrons. The zero-order valence-corrected chi connectivity index (χ0v) is 11.5. The summed E-state index contributed by atoms with van der Waals surface area (Å²) in [5.74, 6) is 0. The summed E-state index contributed by atoms with van der Waals surface area (Å²) in [5.41, 5.74) is 0.844. The summed E-state index contributed by atoms with van der Waals surface area (Å²) in [4.78, 5) is -0.0772. The molecule has 1 aromatic rings. The van der Waals surface area contributed by atoms with Crippen LogP contribution in [0, 0.1) is 14.9 Å². The van der Waals surface area contributed by atoms with E-state index in [1.165, 1.54) is 0 Å². The second kappa shape index (κ2) is 4.68. The van der Waals surface area contributed by atoms with Crippen molar-refractivity contribution in [2.45, 2.75) is 18.2 Å². The number of aryl methyl sites for hydroxylation is 1. The van der Waals surface area contributed by atoms with Crippen LogP contribution in [0.25, 0.3) is 0 Å². The predicted molar refractivity (Wildman–Crippen MR) is 66.3 cm³/mol. The average molecular weight is 356 g/mol. The van der Waals surface area contributed by atoms with Gasteiger partial charge in [-0.05, 0) is 40.6 Å². The van der Waals surface area contributed by atoms with Crippen molar-refractivity contribution in [3.05, 3.63) is 26.8 Å². The minimum atomic E-state index is -3.87. The molecule has 6 heteroatoms. The summed E-state index contributed by atoms with van der Waals surface area (Å²) < 4.78 is 23.1. The van der Waals surface area contributed by atoms with Crippen molar-refractivity contribution >= 4 is 42.3 Å². The molecule has 3 nitrogen and oxygen atoms in total. The molecular weight excluding hydrogens is 349 g/mol. The second-order valence-corrected chi connectivity index (χ2v) is 6.48. The fourth-order valence-electron chi connectivity index (χ4n) is 1.25. The molecule has 0 radical (unpaired) electrons. The molecule has 0 aromatic heterocycles. The third-order valence-corrected chi connectivity index (χ3v) is 4.57. The van der Waals surface area contributed by atoms with Gasteiger partial charge in [-0.25, -0.2) is 8.42 Å². The van der Waals surface area contributed by atoms with E-state index < -0.39 is 9.05 Å². The Hall–Kier alpha value is -0.320. The number of halogens is 2. The fourth-order valence-corrected chi connectivity index (χ4v) is 4.17. The van der Waals surface area contributed by atoms with Gasteiger partial charge < -0.3 is 0 Å². The van der Waals surface area contributed by atoms with Gasteiger partial charge in [0, 0.05) is 14.3 Å². The van der Waals surface area contributed by atoms with Crippen LogP contribution in [0.15, 0.2) is 17.0 Å². The Labute approximate surface area is 107 Å². The van der Waals surface area contributed by atoms with Gasteiger partial charge in [-0.2, -0.15) is 5.26 Å². The van der Waals surface area contributed by atoms with Gasteiger partial charge in [-0.1, -0.05) is 13.0 Å². The minimum absolute atomic E-state index is 0.0772. The molecule has 1 rings (SSSR count). The number of nitrogens with zero attached hydrogens (tertiary/aromatic N) is 1. The second-order valence-electron chi connectivity index (χ2n) is 2.81. The van der Waals surface area contributed by atoms with Crippen LogP contribution >= 0.6 is 33.3 Å². The highest BCUT2D eigenvalue weighted by Crippen LogP contribution is 2.28. The molecule has 0 amide bonds. The van der Waals surface area contributed by atoms with Gasteiger partial charge in [-0.15, -0.1) is 0 Å². The molecule has 0 saturated heterocycles. The van der Waals surface area contributed by atoms with E-state index in [0.29, 0.717) is 15.6 Å². The standard InChI is InChI=1S/C9H7ClINO2S/c1-2-6-3-4-8(11)9(7(6)5-12)15(10,13)14/h3-4H,2H2,1H3. The van der Waals surface area contributed by atoms with Crippen molar-refractivity contribution in [1.82, 2.24) is 0 Å². The molecule has 1 aromatic carbocycles. The van der Waals surface area contributed by atoms with E-state index in [1.807, 2.05) is 35.6 Å².